The number of aryl methyl sites for hydroxylation is 2. The Balaban J connectivity index is 2.10. The summed E-state index contributed by atoms with van der Waals surface area (Å²) in [6.07, 6.45) is 3.06. The number of sulfone groups is 1. The van der Waals surface area contributed by atoms with Crippen LogP contribution >= 0.6 is 0 Å². The van der Waals surface area contributed by atoms with Crippen molar-refractivity contribution in [3.63, 3.8) is 0 Å². The summed E-state index contributed by atoms with van der Waals surface area (Å²) in [6, 6.07) is 2.05. The molecule has 6 nitrogen and oxygen atoms in total. The average molecular weight is 310 g/mol. The summed E-state index contributed by atoms with van der Waals surface area (Å²) in [6.45, 7) is 6.38. The van der Waals surface area contributed by atoms with E-state index in [0.29, 0.717) is 13.1 Å². The number of pyridine rings is 1. The van der Waals surface area contributed by atoms with Gasteiger partial charge in [0.2, 0.25) is 0 Å². The summed E-state index contributed by atoms with van der Waals surface area (Å²) in [5, 5.41) is 8.56. The summed E-state index contributed by atoms with van der Waals surface area (Å²) in [7, 11) is -1.22. The van der Waals surface area contributed by atoms with Gasteiger partial charge in [-0.3, -0.25) is 4.68 Å². The fourth-order valence-electron chi connectivity index (χ4n) is 2.09. The Morgan fingerprint density at radius 3 is 2.67 bits per heavy atom. The van der Waals surface area contributed by atoms with Gasteiger partial charge in [0.15, 0.2) is 15.5 Å². The van der Waals surface area contributed by atoms with Gasteiger partial charge in [0.25, 0.3) is 0 Å². The molecule has 0 spiro atoms. The predicted molar refractivity (Wildman–Crippen MR) is 83.9 cm³/mol. The van der Waals surface area contributed by atoms with Crippen molar-refractivity contribution in [2.75, 3.05) is 12.8 Å². The molecule has 0 aliphatic carbocycles. The van der Waals surface area contributed by atoms with Crippen LogP contribution in [0.1, 0.15) is 25.1 Å². The number of rotatable bonds is 5. The second-order valence-corrected chi connectivity index (χ2v) is 8.71. The van der Waals surface area contributed by atoms with E-state index in [1.807, 2.05) is 20.0 Å². The minimum Gasteiger partial charge on any atom is -0.311 e. The minimum absolute atomic E-state index is 0.399. The van der Waals surface area contributed by atoms with Gasteiger partial charge in [0.05, 0.1) is 10.4 Å². The van der Waals surface area contributed by atoms with Gasteiger partial charge in [-0.05, 0) is 32.4 Å². The summed E-state index contributed by atoms with van der Waals surface area (Å²) >= 11 is 0. The quantitative estimate of drug-likeness (QED) is 0.897. The van der Waals surface area contributed by atoms with Gasteiger partial charge in [-0.2, -0.15) is 5.10 Å². The average Bonchev–Trinajstić information content (AvgIpc) is 2.63. The first kappa shape index (κ1) is 15.9. The lowest BCUT2D eigenvalue weighted by atomic mass is 10.2. The zero-order valence-electron chi connectivity index (χ0n) is 13.1. The van der Waals surface area contributed by atoms with Crippen LogP contribution in [0.15, 0.2) is 12.3 Å². The van der Waals surface area contributed by atoms with Crippen LogP contribution in [0.2, 0.25) is 0 Å². The lowest BCUT2D eigenvalue weighted by Gasteiger charge is -2.22. The Morgan fingerprint density at radius 2 is 2.05 bits per heavy atom. The fourth-order valence-corrected chi connectivity index (χ4v) is 2.45. The van der Waals surface area contributed by atoms with Crippen molar-refractivity contribution in [3.8, 4) is 0 Å². The van der Waals surface area contributed by atoms with Gasteiger partial charge in [0.1, 0.15) is 0 Å². The molecule has 2 aromatic rings. The van der Waals surface area contributed by atoms with Crippen molar-refractivity contribution in [1.29, 1.82) is 0 Å². The fraction of sp³-hybridized carbons (Fsp3) is 0.571. The van der Waals surface area contributed by atoms with Crippen LogP contribution in [-0.4, -0.2) is 40.7 Å². The summed E-state index contributed by atoms with van der Waals surface area (Å²) in [5.41, 5.74) is 2.81. The molecule has 2 heterocycles. The van der Waals surface area contributed by atoms with Gasteiger partial charge < -0.3 is 5.32 Å². The van der Waals surface area contributed by atoms with E-state index in [2.05, 4.69) is 15.4 Å². The van der Waals surface area contributed by atoms with Crippen LogP contribution in [0.3, 0.4) is 0 Å². The number of hydrogen-bond acceptors (Lipinski definition) is 5. The third-order valence-corrected chi connectivity index (χ3v) is 5.96. The van der Waals surface area contributed by atoms with Crippen LogP contribution in [-0.2, 0) is 23.4 Å². The molecule has 0 aromatic carbocycles. The molecule has 0 aliphatic heterocycles. The highest BCUT2D eigenvalue weighted by Gasteiger charge is 2.29. The van der Waals surface area contributed by atoms with E-state index in [0.717, 1.165) is 22.3 Å². The molecule has 0 unspecified atom stereocenters. The maximum Gasteiger partial charge on any atom is 0.157 e. The molecule has 2 aromatic heterocycles. The van der Waals surface area contributed by atoms with Crippen LogP contribution in [0, 0.1) is 6.92 Å². The van der Waals surface area contributed by atoms with Crippen LogP contribution in [0.4, 0.5) is 0 Å². The predicted octanol–water partition coefficient (Wildman–Crippen LogP) is 1.19. The Bertz CT molecular complexity index is 763. The molecule has 2 rings (SSSR count). The van der Waals surface area contributed by atoms with Gasteiger partial charge >= 0.3 is 0 Å². The molecule has 0 atom stereocenters. The number of fused-ring (bicyclic) bond motifs is 1. The standard InChI is InChI=1S/C14H22N4O2S/c1-10-12-6-11(8-16-13(12)18(4)17-10)7-15-9-14(2,3)21(5,19)20/h6,8,15H,7,9H2,1-5H3. The van der Waals surface area contributed by atoms with Crippen LogP contribution < -0.4 is 5.32 Å². The van der Waals surface area contributed by atoms with Crippen molar-refractivity contribution in [2.24, 2.45) is 7.05 Å². The van der Waals surface area contributed by atoms with E-state index in [-0.39, 0.29) is 0 Å². The monoisotopic (exact) mass is 310 g/mol. The summed E-state index contributed by atoms with van der Waals surface area (Å²) < 4.78 is 24.3. The highest BCUT2D eigenvalue weighted by atomic mass is 32.2. The molecular weight excluding hydrogens is 288 g/mol. The zero-order chi connectivity index (χ0) is 15.8. The molecule has 1 N–H and O–H groups in total. The smallest absolute Gasteiger partial charge is 0.157 e. The molecule has 0 aliphatic rings. The Labute approximate surface area is 125 Å². The topological polar surface area (TPSA) is 76.9 Å². The molecule has 0 amide bonds. The molecule has 0 saturated carbocycles. The lowest BCUT2D eigenvalue weighted by Crippen LogP contribution is -2.41. The minimum atomic E-state index is -3.09. The molecule has 0 fully saturated rings. The molecule has 116 valence electrons. The number of aromatic nitrogens is 3. The molecule has 7 heteroatoms. The van der Waals surface area contributed by atoms with Gasteiger partial charge in [0, 0.05) is 38.0 Å². The van der Waals surface area contributed by atoms with Crippen molar-refractivity contribution < 1.29 is 8.42 Å². The number of hydrogen-bond donors (Lipinski definition) is 1. The Kier molecular flexibility index (Phi) is 4.08. The first-order valence-electron chi connectivity index (χ1n) is 6.80. The van der Waals surface area contributed by atoms with E-state index >= 15 is 0 Å². The second kappa shape index (κ2) is 5.38. The van der Waals surface area contributed by atoms with E-state index in [9.17, 15) is 8.42 Å². The third-order valence-electron chi connectivity index (χ3n) is 3.80. The normalized spacial score (nSPS) is 13.0. The number of nitrogens with one attached hydrogen (secondary N) is 1. The number of nitrogens with zero attached hydrogens (tertiary/aromatic N) is 3. The van der Waals surface area contributed by atoms with E-state index in [1.54, 1.807) is 24.7 Å². The molecular formula is C14H22N4O2S. The van der Waals surface area contributed by atoms with Crippen LogP contribution in [0.5, 0.6) is 0 Å². The van der Waals surface area contributed by atoms with E-state index in [4.69, 9.17) is 0 Å². The zero-order valence-corrected chi connectivity index (χ0v) is 14.0. The van der Waals surface area contributed by atoms with Gasteiger partial charge in [-0.15, -0.1) is 0 Å². The van der Waals surface area contributed by atoms with E-state index in [1.165, 1.54) is 6.26 Å². The van der Waals surface area contributed by atoms with E-state index < -0.39 is 14.6 Å². The first-order valence-corrected chi connectivity index (χ1v) is 8.69. The first-order chi connectivity index (χ1) is 9.62. The third kappa shape index (κ3) is 3.24. The van der Waals surface area contributed by atoms with Crippen molar-refractivity contribution in [2.45, 2.75) is 32.1 Å². The van der Waals surface area contributed by atoms with Crippen LogP contribution in [0.25, 0.3) is 11.0 Å². The van der Waals surface area contributed by atoms with Gasteiger partial charge in [-0.1, -0.05) is 0 Å². The van der Waals surface area contributed by atoms with Crippen molar-refractivity contribution >= 4 is 20.9 Å². The van der Waals surface area contributed by atoms with Gasteiger partial charge in [-0.25, -0.2) is 13.4 Å². The Morgan fingerprint density at radius 1 is 1.38 bits per heavy atom. The molecule has 0 radical (unpaired) electrons. The summed E-state index contributed by atoms with van der Waals surface area (Å²) in [5.74, 6) is 0. The summed E-state index contributed by atoms with van der Waals surface area (Å²) in [4.78, 5) is 4.41. The molecule has 0 saturated heterocycles. The maximum absolute atomic E-state index is 11.7. The Hall–Kier alpha value is -1.47. The second-order valence-electron chi connectivity index (χ2n) is 6.06. The molecule has 21 heavy (non-hydrogen) atoms. The SMILES string of the molecule is Cc1nn(C)c2ncc(CNCC(C)(C)S(C)(=O)=O)cc12. The molecule has 0 bridgehead atoms. The van der Waals surface area contributed by atoms with Crippen molar-refractivity contribution in [3.05, 3.63) is 23.5 Å². The highest BCUT2D eigenvalue weighted by Crippen LogP contribution is 2.17. The van der Waals surface area contributed by atoms with Crippen molar-refractivity contribution in [1.82, 2.24) is 20.1 Å². The highest BCUT2D eigenvalue weighted by molar-refractivity contribution is 7.92. The largest absolute Gasteiger partial charge is 0.311 e. The lowest BCUT2D eigenvalue weighted by molar-refractivity contribution is 0.521. The maximum atomic E-state index is 11.7.